The van der Waals surface area contributed by atoms with Gasteiger partial charge in [0.15, 0.2) is 21.1 Å². The van der Waals surface area contributed by atoms with E-state index in [0.717, 1.165) is 18.2 Å². The number of phosphoric acid groups is 3. The molecule has 12 N–H and O–H groups in total. The second-order valence-corrected chi connectivity index (χ2v) is 27.9. The van der Waals surface area contributed by atoms with Gasteiger partial charge in [-0.05, 0) is 62.2 Å². The highest BCUT2D eigenvalue weighted by Crippen LogP contribution is 2.66. The molecule has 2 heterocycles. The van der Waals surface area contributed by atoms with Crippen molar-refractivity contribution in [3.63, 3.8) is 0 Å². The molecule has 0 aromatic heterocycles. The predicted octanol–water partition coefficient (Wildman–Crippen LogP) is 2.35. The number of hydrogen-bond donors (Lipinski definition) is 11. The number of carbonyl (C=O) groups excluding carboxylic acids is 2. The zero-order valence-corrected chi connectivity index (χ0v) is 49.0. The molecule has 0 bridgehead atoms. The molecule has 1 fully saturated rings. The average molecular weight is 1280 g/mol. The van der Waals surface area contributed by atoms with E-state index in [2.05, 4.69) is 19.3 Å². The van der Waals surface area contributed by atoms with Crippen LogP contribution in [0.4, 0.5) is 5.69 Å². The Hall–Kier alpha value is -3.91. The molecule has 2 unspecified atom stereocenters. The molecule has 3 aliphatic rings. The fourth-order valence-corrected chi connectivity index (χ4v) is 14.3. The molecular weight excluding hydrogens is 1220 g/mol. The highest BCUT2D eigenvalue weighted by Gasteiger charge is 2.43. The van der Waals surface area contributed by atoms with Crippen LogP contribution in [0.25, 0.3) is 33.4 Å². The minimum absolute atomic E-state index is 0.00171. The highest BCUT2D eigenvalue weighted by molar-refractivity contribution is 8.77. The lowest BCUT2D eigenvalue weighted by molar-refractivity contribution is -0.122. The highest BCUT2D eigenvalue weighted by atomic mass is 33.1. The Labute approximate surface area is 471 Å². The number of anilines is 1. The summed E-state index contributed by atoms with van der Waals surface area (Å²) in [7, 11) is -22.5. The standard InChI is InChI=1S/C42H58BN4O27P3S4/c1-42(2,79-78-23-69-31-20-33(43)71-32(31)21-70-76(55,56)74-77(57,58)73-75(52,53)54)22-47-34(48)9-11-65-13-15-67-17-18-68-16-14-66-12-10-46-40(49)24-3-4-25(28(19-24)41(50)51)35-26-5-7-29(44)38(80(59,60)61)36(26)72-37-27(35)6-8-30(45)39(37)81(62,63)64/h3-8,19,31-33,44H,9-18,20-23,43,45H2,1-2H3,(H,46,49)(H,47,48)(H,50,51)(H,55,56)(H,57,58)(H2,52,53,54)(H,59,60,61)(H,62,63,64)/t31-,32-,33-/m1/s1. The number of carbonyl (C=O) groups is 3. The van der Waals surface area contributed by atoms with Gasteiger partial charge in [0.05, 0.1) is 82.2 Å². The lowest BCUT2D eigenvalue weighted by atomic mass is 9.89. The number of aromatic carboxylic acids is 1. The van der Waals surface area contributed by atoms with Crippen LogP contribution in [0.5, 0.6) is 0 Å². The van der Waals surface area contributed by atoms with Crippen LogP contribution >= 0.6 is 45.1 Å². The van der Waals surface area contributed by atoms with E-state index in [4.69, 9.17) is 58.3 Å². The Morgan fingerprint density at radius 1 is 0.827 bits per heavy atom. The summed E-state index contributed by atoms with van der Waals surface area (Å²) in [5.74, 6) is -3.12. The van der Waals surface area contributed by atoms with Gasteiger partial charge in [0.2, 0.25) is 5.91 Å². The lowest BCUT2D eigenvalue weighted by Crippen LogP contribution is -2.36. The lowest BCUT2D eigenvalue weighted by Gasteiger charge is -2.24. The van der Waals surface area contributed by atoms with E-state index in [1.165, 1.54) is 45.9 Å². The van der Waals surface area contributed by atoms with E-state index in [1.54, 1.807) is 7.85 Å². The number of nitrogens with two attached hydrogens (primary N) is 1. The number of benzene rings is 3. The fourth-order valence-electron chi connectivity index (χ4n) is 7.58. The Morgan fingerprint density at radius 3 is 2.04 bits per heavy atom. The van der Waals surface area contributed by atoms with Crippen molar-refractivity contribution in [2.24, 2.45) is 0 Å². The van der Waals surface area contributed by atoms with Crippen LogP contribution in [0.1, 0.15) is 47.4 Å². The molecule has 39 heteroatoms. The Kier molecular flexibility index (Phi) is 24.5. The van der Waals surface area contributed by atoms with Gasteiger partial charge in [0.1, 0.15) is 19.9 Å². The third-order valence-electron chi connectivity index (χ3n) is 10.9. The van der Waals surface area contributed by atoms with Crippen molar-refractivity contribution in [2.75, 3.05) is 84.2 Å². The molecule has 31 nitrogen and oxygen atoms in total. The number of carboxylic acid groups (broad SMARTS) is 1. The van der Waals surface area contributed by atoms with Crippen molar-refractivity contribution in [3.05, 3.63) is 58.9 Å². The van der Waals surface area contributed by atoms with Crippen molar-refractivity contribution in [1.82, 2.24) is 10.6 Å². The summed E-state index contributed by atoms with van der Waals surface area (Å²) in [6.45, 7) is 4.89. The second-order valence-electron chi connectivity index (χ2n) is 17.8. The van der Waals surface area contributed by atoms with Gasteiger partial charge in [0, 0.05) is 52.3 Å². The second kappa shape index (κ2) is 29.3. The summed E-state index contributed by atoms with van der Waals surface area (Å²) in [5.41, 5.74) is 3.47. The molecule has 1 saturated heterocycles. The molecule has 0 spiro atoms. The first kappa shape index (κ1) is 67.9. The molecule has 0 saturated carbocycles. The number of nitrogen functional groups attached to an aromatic ring is 1. The molecule has 1 aliphatic carbocycles. The first-order valence-electron chi connectivity index (χ1n) is 23.6. The quantitative estimate of drug-likeness (QED) is 0.00467. The van der Waals surface area contributed by atoms with E-state index in [9.17, 15) is 68.9 Å². The largest absolute Gasteiger partial charge is 0.490 e. The van der Waals surface area contributed by atoms with Gasteiger partial charge in [-0.3, -0.25) is 28.6 Å². The van der Waals surface area contributed by atoms with E-state index >= 15 is 0 Å². The van der Waals surface area contributed by atoms with Crippen LogP contribution in [0.2, 0.25) is 0 Å². The van der Waals surface area contributed by atoms with Gasteiger partial charge < -0.3 is 73.9 Å². The average Bonchev–Trinajstić information content (AvgIpc) is 3.78. The monoisotopic (exact) mass is 1280 g/mol. The molecular formula is C42H58BN4O27P3S4. The summed E-state index contributed by atoms with van der Waals surface area (Å²) in [4.78, 5) is 72.7. The van der Waals surface area contributed by atoms with E-state index < -0.39 is 117 Å². The summed E-state index contributed by atoms with van der Waals surface area (Å²) in [6.07, 6.45) is -1.07. The summed E-state index contributed by atoms with van der Waals surface area (Å²) in [5, 5.41) is 23.0. The van der Waals surface area contributed by atoms with Gasteiger partial charge in [-0.1, -0.05) is 27.7 Å². The first-order valence-corrected chi connectivity index (χ1v) is 33.3. The minimum Gasteiger partial charge on any atom is -0.478 e. The predicted molar refractivity (Wildman–Crippen MR) is 289 cm³/mol. The Bertz CT molecular complexity index is 3320. The molecule has 2 aromatic carbocycles. The number of fused-ring (bicyclic) bond motifs is 2. The van der Waals surface area contributed by atoms with Gasteiger partial charge in [-0.2, -0.15) is 25.5 Å². The normalized spacial score (nSPS) is 17.7. The van der Waals surface area contributed by atoms with Gasteiger partial charge >= 0.3 is 29.4 Å². The molecule has 81 heavy (non-hydrogen) atoms. The third-order valence-corrected chi connectivity index (χ3v) is 19.5. The van der Waals surface area contributed by atoms with E-state index in [1.807, 2.05) is 13.8 Å². The third kappa shape index (κ3) is 21.0. The summed E-state index contributed by atoms with van der Waals surface area (Å²) >= 11 is 0. The zero-order chi connectivity index (χ0) is 60.1. The van der Waals surface area contributed by atoms with Crippen molar-refractivity contribution in [2.45, 2.75) is 59.4 Å². The zero-order valence-electron chi connectivity index (χ0n) is 43.0. The topological polar surface area (TPSA) is 482 Å². The Balaban J connectivity index is 0.938. The number of ether oxygens (including phenoxy) is 6. The van der Waals surface area contributed by atoms with Crippen molar-refractivity contribution >= 4 is 108 Å². The van der Waals surface area contributed by atoms with Gasteiger partial charge in [-0.15, -0.1) is 0 Å². The van der Waals surface area contributed by atoms with Crippen molar-refractivity contribution < 1.29 is 125 Å². The van der Waals surface area contributed by atoms with Crippen LogP contribution < -0.4 is 21.7 Å². The number of phosphoric ester groups is 1. The summed E-state index contributed by atoms with van der Waals surface area (Å²) < 4.78 is 155. The van der Waals surface area contributed by atoms with Gasteiger partial charge in [0.25, 0.3) is 26.1 Å². The molecule has 0 radical (unpaired) electrons. The molecule has 450 valence electrons. The van der Waals surface area contributed by atoms with Crippen LogP contribution in [0.15, 0.2) is 56.7 Å². The first-order chi connectivity index (χ1) is 37.7. The molecule has 5 rings (SSSR count). The van der Waals surface area contributed by atoms with Crippen molar-refractivity contribution in [3.8, 4) is 22.5 Å². The molecule has 2 aromatic rings. The van der Waals surface area contributed by atoms with Crippen LogP contribution in [0.3, 0.4) is 0 Å². The number of rotatable bonds is 34. The number of amides is 2. The van der Waals surface area contributed by atoms with Crippen LogP contribution in [-0.2, 0) is 80.3 Å². The van der Waals surface area contributed by atoms with E-state index in [0.29, 0.717) is 13.0 Å². The molecule has 5 atom stereocenters. The number of nitrogens with one attached hydrogen (secondary N) is 3. The smallest absolute Gasteiger partial charge is 0.478 e. The van der Waals surface area contributed by atoms with E-state index in [-0.39, 0.29) is 111 Å². The van der Waals surface area contributed by atoms with Crippen molar-refractivity contribution in [1.29, 1.82) is 5.41 Å². The van der Waals surface area contributed by atoms with Gasteiger partial charge in [-0.25, -0.2) is 18.5 Å². The fraction of sp³-hybridized carbons (Fsp3) is 0.476. The van der Waals surface area contributed by atoms with Crippen LogP contribution in [0, 0.1) is 5.41 Å². The summed E-state index contributed by atoms with van der Waals surface area (Å²) in [6, 6.07) is 7.62. The molecule has 2 aliphatic heterocycles. The molecule has 2 amide bonds. The maximum atomic E-state index is 13.1. The SMILES string of the molecule is B[C@H]1C[C@@H](OCSSC(C)(C)CNC(=O)CCOCCOCCOCCOCCNC(=O)c2ccc(-c3c4ccc(=N)c(S(=O)(=O)O)c-4oc4c(S(=O)(=O)O)c(N)ccc34)c(C(=O)O)c2)[C@@H](COP(=O)(O)OP(=O)(O)OP(=O)(O)O)O1. The number of carboxylic acids is 1. The number of hydrogen-bond acceptors (Lipinski definition) is 24. The minimum atomic E-state index is -5.67. The maximum absolute atomic E-state index is 13.1. The Morgan fingerprint density at radius 2 is 1.43 bits per heavy atom. The maximum Gasteiger partial charge on any atom is 0.490 e. The van der Waals surface area contributed by atoms with Crippen LogP contribution in [-0.4, -0.2) is 178 Å².